The van der Waals surface area contributed by atoms with Crippen molar-refractivity contribution in [3.8, 4) is 0 Å². The molecule has 18 heavy (non-hydrogen) atoms. The molecule has 0 N–H and O–H groups in total. The number of rotatable bonds is 11. The third-order valence-corrected chi connectivity index (χ3v) is 5.45. The van der Waals surface area contributed by atoms with E-state index in [1.54, 1.807) is 0 Å². The van der Waals surface area contributed by atoms with Crippen LogP contribution in [-0.4, -0.2) is 37.0 Å². The molecule has 0 amide bonds. The van der Waals surface area contributed by atoms with E-state index >= 15 is 0 Å². The molecular formula is C13H30NO3P. The first-order valence-corrected chi connectivity index (χ1v) is 8.83. The first-order valence-electron chi connectivity index (χ1n) is 7.22. The van der Waals surface area contributed by atoms with Crippen LogP contribution in [0.3, 0.4) is 0 Å². The molecule has 0 aliphatic heterocycles. The zero-order chi connectivity index (χ0) is 14.0. The molecule has 4 nitrogen and oxygen atoms in total. The predicted molar refractivity (Wildman–Crippen MR) is 77.1 cm³/mol. The molecule has 0 heterocycles. The Balaban J connectivity index is 4.99. The maximum absolute atomic E-state index is 12.8. The van der Waals surface area contributed by atoms with Crippen molar-refractivity contribution in [1.82, 2.24) is 4.90 Å². The van der Waals surface area contributed by atoms with Gasteiger partial charge in [-0.3, -0.25) is 9.46 Å². The van der Waals surface area contributed by atoms with Gasteiger partial charge < -0.3 is 9.05 Å². The second kappa shape index (κ2) is 9.96. The van der Waals surface area contributed by atoms with Crippen LogP contribution in [0.2, 0.25) is 0 Å². The molecule has 0 aromatic rings. The average molecular weight is 279 g/mol. The normalized spacial score (nSPS) is 14.1. The number of nitrogens with zero attached hydrogens (tertiary/aromatic N) is 1. The zero-order valence-corrected chi connectivity index (χ0v) is 13.5. The lowest BCUT2D eigenvalue weighted by molar-refractivity contribution is 0.159. The van der Waals surface area contributed by atoms with Gasteiger partial charge in [-0.15, -0.1) is 0 Å². The van der Waals surface area contributed by atoms with Crippen LogP contribution in [0.5, 0.6) is 0 Å². The summed E-state index contributed by atoms with van der Waals surface area (Å²) in [7, 11) is -3.02. The molecule has 0 saturated heterocycles. The van der Waals surface area contributed by atoms with Gasteiger partial charge >= 0.3 is 7.60 Å². The Morgan fingerprint density at radius 3 is 1.67 bits per heavy atom. The topological polar surface area (TPSA) is 38.8 Å². The SMILES string of the molecule is CCCN(CCC)C(CC)P(=O)(OCC)OCC. The molecule has 0 bridgehead atoms. The predicted octanol–water partition coefficient (Wildman–Crippen LogP) is 4.11. The number of hydrogen-bond donors (Lipinski definition) is 0. The van der Waals surface area contributed by atoms with E-state index in [9.17, 15) is 4.57 Å². The highest BCUT2D eigenvalue weighted by Gasteiger charge is 2.37. The fraction of sp³-hybridized carbons (Fsp3) is 1.00. The molecule has 0 saturated carbocycles. The standard InChI is InChI=1S/C13H30NO3P/c1-6-11-14(12-7-2)13(8-3)18(15,16-9-4)17-10-5/h13H,6-12H2,1-5H3. The third kappa shape index (κ3) is 5.40. The van der Waals surface area contributed by atoms with E-state index in [0.29, 0.717) is 13.2 Å². The van der Waals surface area contributed by atoms with Gasteiger partial charge in [0.2, 0.25) is 0 Å². The highest BCUT2D eigenvalue weighted by molar-refractivity contribution is 7.54. The van der Waals surface area contributed by atoms with Gasteiger partial charge in [0, 0.05) is 0 Å². The second-order valence-electron chi connectivity index (χ2n) is 4.30. The first-order chi connectivity index (χ1) is 8.59. The summed E-state index contributed by atoms with van der Waals surface area (Å²) in [4.78, 5) is 2.26. The smallest absolute Gasteiger partial charge is 0.308 e. The second-order valence-corrected chi connectivity index (χ2v) is 6.49. The van der Waals surface area contributed by atoms with Crippen molar-refractivity contribution in [3.05, 3.63) is 0 Å². The molecule has 1 atom stereocenters. The fourth-order valence-electron chi connectivity index (χ4n) is 2.24. The summed E-state index contributed by atoms with van der Waals surface area (Å²) in [6.45, 7) is 12.8. The highest BCUT2D eigenvalue weighted by atomic mass is 31.2. The fourth-order valence-corrected chi connectivity index (χ4v) is 4.45. The van der Waals surface area contributed by atoms with Crippen molar-refractivity contribution in [3.63, 3.8) is 0 Å². The van der Waals surface area contributed by atoms with Gasteiger partial charge in [0.1, 0.15) is 5.78 Å². The molecule has 1 unspecified atom stereocenters. The lowest BCUT2D eigenvalue weighted by atomic mass is 10.3. The van der Waals surface area contributed by atoms with E-state index < -0.39 is 7.60 Å². The Labute approximate surface area is 113 Å². The lowest BCUT2D eigenvalue weighted by Crippen LogP contribution is -2.37. The quantitative estimate of drug-likeness (QED) is 0.533. The van der Waals surface area contributed by atoms with Crippen LogP contribution in [0.4, 0.5) is 0 Å². The van der Waals surface area contributed by atoms with Gasteiger partial charge in [0.25, 0.3) is 0 Å². The molecule has 110 valence electrons. The summed E-state index contributed by atoms with van der Waals surface area (Å²) >= 11 is 0. The van der Waals surface area contributed by atoms with Crippen LogP contribution in [-0.2, 0) is 13.6 Å². The van der Waals surface area contributed by atoms with Crippen LogP contribution < -0.4 is 0 Å². The van der Waals surface area contributed by atoms with Gasteiger partial charge in [-0.25, -0.2) is 0 Å². The van der Waals surface area contributed by atoms with Gasteiger partial charge in [0.05, 0.1) is 13.2 Å². The Bertz CT molecular complexity index is 232. The summed E-state index contributed by atoms with van der Waals surface area (Å²) < 4.78 is 23.8. The van der Waals surface area contributed by atoms with E-state index in [0.717, 1.165) is 32.4 Å². The first kappa shape index (κ1) is 18.1. The van der Waals surface area contributed by atoms with Gasteiger partial charge in [-0.05, 0) is 46.2 Å². The Morgan fingerprint density at radius 2 is 1.39 bits per heavy atom. The maximum atomic E-state index is 12.8. The highest BCUT2D eigenvalue weighted by Crippen LogP contribution is 2.55. The minimum Gasteiger partial charge on any atom is -0.308 e. The summed E-state index contributed by atoms with van der Waals surface area (Å²) in [5, 5.41) is 0. The zero-order valence-electron chi connectivity index (χ0n) is 12.6. The summed E-state index contributed by atoms with van der Waals surface area (Å²) in [6, 6.07) is 0. The van der Waals surface area contributed by atoms with E-state index in [1.807, 2.05) is 20.8 Å². The van der Waals surface area contributed by atoms with Crippen molar-refractivity contribution in [2.24, 2.45) is 0 Å². The van der Waals surface area contributed by atoms with Crippen molar-refractivity contribution < 1.29 is 13.6 Å². The van der Waals surface area contributed by atoms with Crippen molar-refractivity contribution in [1.29, 1.82) is 0 Å². The Kier molecular flexibility index (Phi) is 10.0. The molecule has 0 aliphatic carbocycles. The Hall–Kier alpha value is 0.110. The lowest BCUT2D eigenvalue weighted by Gasteiger charge is -2.34. The number of hydrogen-bond acceptors (Lipinski definition) is 4. The van der Waals surface area contributed by atoms with Crippen molar-refractivity contribution >= 4 is 7.60 Å². The van der Waals surface area contributed by atoms with Gasteiger partial charge in [0.15, 0.2) is 0 Å². The van der Waals surface area contributed by atoms with Crippen LogP contribution in [0.25, 0.3) is 0 Å². The molecule has 0 aromatic carbocycles. The summed E-state index contributed by atoms with van der Waals surface area (Å²) in [6.07, 6.45) is 2.89. The van der Waals surface area contributed by atoms with Crippen LogP contribution >= 0.6 is 7.60 Å². The van der Waals surface area contributed by atoms with Crippen LogP contribution in [0, 0.1) is 0 Å². The third-order valence-electron chi connectivity index (χ3n) is 2.79. The molecule has 0 fully saturated rings. The van der Waals surface area contributed by atoms with E-state index in [-0.39, 0.29) is 5.78 Å². The van der Waals surface area contributed by atoms with E-state index in [2.05, 4.69) is 18.7 Å². The molecule has 0 rings (SSSR count). The summed E-state index contributed by atoms with van der Waals surface area (Å²) in [5.41, 5.74) is 0. The minimum atomic E-state index is -3.02. The van der Waals surface area contributed by atoms with Crippen molar-refractivity contribution in [2.75, 3.05) is 26.3 Å². The van der Waals surface area contributed by atoms with Gasteiger partial charge in [-0.1, -0.05) is 20.8 Å². The molecule has 0 aliphatic rings. The maximum Gasteiger partial charge on any atom is 0.347 e. The minimum absolute atomic E-state index is 0.114. The average Bonchev–Trinajstić information content (AvgIpc) is 2.31. The largest absolute Gasteiger partial charge is 0.347 e. The molecule has 0 aromatic heterocycles. The Morgan fingerprint density at radius 1 is 0.944 bits per heavy atom. The molecule has 0 spiro atoms. The molecular weight excluding hydrogens is 249 g/mol. The van der Waals surface area contributed by atoms with E-state index in [4.69, 9.17) is 9.05 Å². The molecule has 0 radical (unpaired) electrons. The van der Waals surface area contributed by atoms with Crippen LogP contribution in [0.15, 0.2) is 0 Å². The summed E-state index contributed by atoms with van der Waals surface area (Å²) in [5.74, 6) is -0.114. The molecule has 5 heteroatoms. The van der Waals surface area contributed by atoms with Gasteiger partial charge in [-0.2, -0.15) is 0 Å². The van der Waals surface area contributed by atoms with Crippen LogP contribution in [0.1, 0.15) is 53.9 Å². The monoisotopic (exact) mass is 279 g/mol. The van der Waals surface area contributed by atoms with Crippen molar-refractivity contribution in [2.45, 2.75) is 59.7 Å². The van der Waals surface area contributed by atoms with E-state index in [1.165, 1.54) is 0 Å².